The molecule has 0 rings (SSSR count). The van der Waals surface area contributed by atoms with Gasteiger partial charge in [0.25, 0.3) is 0 Å². The number of rotatable bonds is 4. The molecule has 0 saturated heterocycles. The van der Waals surface area contributed by atoms with Gasteiger partial charge in [0, 0.05) is 0 Å². The summed E-state index contributed by atoms with van der Waals surface area (Å²) in [4.78, 5) is 11.0. The van der Waals surface area contributed by atoms with Crippen molar-refractivity contribution < 1.29 is 23.2 Å². The molecule has 0 aliphatic carbocycles. The molecule has 1 amide bonds. The molecule has 0 saturated carbocycles. The third-order valence-electron chi connectivity index (χ3n) is 2.16. The molecule has 8 heteroatoms. The summed E-state index contributed by atoms with van der Waals surface area (Å²) < 4.78 is 35.7. The van der Waals surface area contributed by atoms with Gasteiger partial charge in [-0.2, -0.15) is 13.2 Å². The Kier molecular flexibility index (Phi) is 4.58. The van der Waals surface area contributed by atoms with Crippen LogP contribution < -0.4 is 11.1 Å². The standard InChI is InChI=1S/C8H14F3N3O2/c1-3-7(2,6(12)14-16)13-5(15)4-8(9,10)11/h16H,3-4H2,1-2H3,(H2,12,14)(H,13,15). The number of carbonyl (C=O) groups excluding carboxylic acids is 1. The summed E-state index contributed by atoms with van der Waals surface area (Å²) in [6.45, 7) is 2.96. The molecule has 0 bridgehead atoms. The van der Waals surface area contributed by atoms with E-state index in [2.05, 4.69) is 10.5 Å². The number of nitrogens with one attached hydrogen (secondary N) is 1. The number of halogens is 3. The highest BCUT2D eigenvalue weighted by Crippen LogP contribution is 2.20. The van der Waals surface area contributed by atoms with Gasteiger partial charge in [0.2, 0.25) is 5.91 Å². The zero-order valence-corrected chi connectivity index (χ0v) is 8.93. The second kappa shape index (κ2) is 5.04. The normalized spacial score (nSPS) is 16.7. The summed E-state index contributed by atoms with van der Waals surface area (Å²) in [6.07, 6.45) is -5.97. The molecule has 0 aromatic carbocycles. The van der Waals surface area contributed by atoms with Crippen molar-refractivity contribution in [3.8, 4) is 0 Å². The van der Waals surface area contributed by atoms with E-state index in [1.54, 1.807) is 6.92 Å². The highest BCUT2D eigenvalue weighted by atomic mass is 19.4. The van der Waals surface area contributed by atoms with Gasteiger partial charge in [0.1, 0.15) is 6.42 Å². The van der Waals surface area contributed by atoms with Crippen molar-refractivity contribution in [1.82, 2.24) is 5.32 Å². The largest absolute Gasteiger partial charge is 0.409 e. The van der Waals surface area contributed by atoms with Gasteiger partial charge in [0.15, 0.2) is 5.84 Å². The van der Waals surface area contributed by atoms with E-state index in [4.69, 9.17) is 10.9 Å². The van der Waals surface area contributed by atoms with Crippen LogP contribution in [0.15, 0.2) is 5.16 Å². The summed E-state index contributed by atoms with van der Waals surface area (Å²) in [5, 5.41) is 13.2. The van der Waals surface area contributed by atoms with Crippen molar-refractivity contribution in [2.45, 2.75) is 38.4 Å². The fourth-order valence-electron chi connectivity index (χ4n) is 0.978. The molecular formula is C8H14F3N3O2. The topological polar surface area (TPSA) is 87.7 Å². The van der Waals surface area contributed by atoms with Gasteiger partial charge in [-0.05, 0) is 13.3 Å². The third-order valence-corrected chi connectivity index (χ3v) is 2.16. The number of hydrogen-bond acceptors (Lipinski definition) is 3. The first-order chi connectivity index (χ1) is 7.14. The van der Waals surface area contributed by atoms with Crippen molar-refractivity contribution in [1.29, 1.82) is 0 Å². The first-order valence-electron chi connectivity index (χ1n) is 4.50. The van der Waals surface area contributed by atoms with E-state index in [1.165, 1.54) is 6.92 Å². The van der Waals surface area contributed by atoms with Crippen LogP contribution >= 0.6 is 0 Å². The number of nitrogens with two attached hydrogens (primary N) is 1. The number of carbonyl (C=O) groups is 1. The number of amidine groups is 1. The molecule has 0 aromatic heterocycles. The van der Waals surface area contributed by atoms with Gasteiger partial charge in [-0.15, -0.1) is 0 Å². The fourth-order valence-corrected chi connectivity index (χ4v) is 0.978. The Morgan fingerprint density at radius 1 is 1.50 bits per heavy atom. The number of nitrogens with zero attached hydrogens (tertiary/aromatic N) is 1. The Labute approximate surface area is 90.5 Å². The maximum absolute atomic E-state index is 11.9. The van der Waals surface area contributed by atoms with Gasteiger partial charge in [-0.1, -0.05) is 12.1 Å². The lowest BCUT2D eigenvalue weighted by molar-refractivity contribution is -0.154. The number of alkyl halides is 3. The minimum atomic E-state index is -4.58. The molecule has 0 aliphatic rings. The van der Waals surface area contributed by atoms with Gasteiger partial charge < -0.3 is 16.3 Å². The van der Waals surface area contributed by atoms with Gasteiger partial charge >= 0.3 is 6.18 Å². The molecule has 5 nitrogen and oxygen atoms in total. The van der Waals surface area contributed by atoms with Crippen LogP contribution in [0.25, 0.3) is 0 Å². The molecule has 0 aromatic rings. The molecule has 0 heterocycles. The van der Waals surface area contributed by atoms with E-state index in [1.807, 2.05) is 0 Å². The molecule has 0 aliphatic heterocycles. The summed E-state index contributed by atoms with van der Waals surface area (Å²) >= 11 is 0. The van der Waals surface area contributed by atoms with Crippen molar-refractivity contribution in [3.63, 3.8) is 0 Å². The SMILES string of the molecule is CCC(C)(NC(=O)CC(F)(F)F)/C(N)=N/O. The summed E-state index contributed by atoms with van der Waals surface area (Å²) in [5.41, 5.74) is 4.00. The molecule has 4 N–H and O–H groups in total. The maximum Gasteiger partial charge on any atom is 0.397 e. The Balaban J connectivity index is 4.62. The van der Waals surface area contributed by atoms with E-state index < -0.39 is 24.0 Å². The molecule has 0 spiro atoms. The second-order valence-electron chi connectivity index (χ2n) is 3.51. The molecule has 16 heavy (non-hydrogen) atoms. The average Bonchev–Trinajstić information content (AvgIpc) is 2.13. The Morgan fingerprint density at radius 3 is 2.31 bits per heavy atom. The Bertz CT molecular complexity index is 291. The first-order valence-corrected chi connectivity index (χ1v) is 4.50. The van der Waals surface area contributed by atoms with Crippen LogP contribution in [0.1, 0.15) is 26.7 Å². The summed E-state index contributed by atoms with van der Waals surface area (Å²) in [6, 6.07) is 0. The van der Waals surface area contributed by atoms with Crippen LogP contribution in [0.5, 0.6) is 0 Å². The monoisotopic (exact) mass is 241 g/mol. The number of hydrogen-bond donors (Lipinski definition) is 3. The van der Waals surface area contributed by atoms with Crippen molar-refractivity contribution in [3.05, 3.63) is 0 Å². The van der Waals surface area contributed by atoms with Crippen LogP contribution in [-0.2, 0) is 4.79 Å². The van der Waals surface area contributed by atoms with E-state index in [9.17, 15) is 18.0 Å². The first kappa shape index (κ1) is 14.5. The van der Waals surface area contributed by atoms with E-state index in [0.717, 1.165) is 0 Å². The van der Waals surface area contributed by atoms with Gasteiger partial charge in [-0.3, -0.25) is 4.79 Å². The van der Waals surface area contributed by atoms with E-state index >= 15 is 0 Å². The fraction of sp³-hybridized carbons (Fsp3) is 0.750. The zero-order valence-electron chi connectivity index (χ0n) is 8.93. The van der Waals surface area contributed by atoms with Crippen LogP contribution in [0.2, 0.25) is 0 Å². The van der Waals surface area contributed by atoms with Crippen molar-refractivity contribution >= 4 is 11.7 Å². The Hall–Kier alpha value is -1.47. The van der Waals surface area contributed by atoms with E-state index in [0.29, 0.717) is 0 Å². The van der Waals surface area contributed by atoms with Gasteiger partial charge in [-0.25, -0.2) is 0 Å². The zero-order chi connectivity index (χ0) is 13.0. The van der Waals surface area contributed by atoms with Crippen LogP contribution in [-0.4, -0.2) is 28.7 Å². The van der Waals surface area contributed by atoms with Gasteiger partial charge in [0.05, 0.1) is 5.54 Å². The number of amides is 1. The minimum absolute atomic E-state index is 0.201. The molecule has 1 unspecified atom stereocenters. The van der Waals surface area contributed by atoms with Crippen LogP contribution in [0.4, 0.5) is 13.2 Å². The van der Waals surface area contributed by atoms with Crippen LogP contribution in [0, 0.1) is 0 Å². The molecule has 1 atom stereocenters. The predicted molar refractivity (Wildman–Crippen MR) is 50.9 cm³/mol. The quantitative estimate of drug-likeness (QED) is 0.296. The smallest absolute Gasteiger partial charge is 0.397 e. The Morgan fingerprint density at radius 2 is 2.00 bits per heavy atom. The van der Waals surface area contributed by atoms with Crippen molar-refractivity contribution in [2.75, 3.05) is 0 Å². The second-order valence-corrected chi connectivity index (χ2v) is 3.51. The number of oxime groups is 1. The maximum atomic E-state index is 11.9. The molecule has 0 radical (unpaired) electrons. The summed E-state index contributed by atoms with van der Waals surface area (Å²) in [5.74, 6) is -1.56. The lowest BCUT2D eigenvalue weighted by atomic mass is 9.97. The van der Waals surface area contributed by atoms with Crippen LogP contribution in [0.3, 0.4) is 0 Å². The molecule has 0 fully saturated rings. The lowest BCUT2D eigenvalue weighted by Crippen LogP contribution is -2.55. The highest BCUT2D eigenvalue weighted by Gasteiger charge is 2.35. The lowest BCUT2D eigenvalue weighted by Gasteiger charge is -2.28. The minimum Gasteiger partial charge on any atom is -0.409 e. The highest BCUT2D eigenvalue weighted by molar-refractivity contribution is 5.93. The third kappa shape index (κ3) is 4.37. The van der Waals surface area contributed by atoms with E-state index in [-0.39, 0.29) is 12.3 Å². The molecular weight excluding hydrogens is 227 g/mol. The molecule has 94 valence electrons. The summed E-state index contributed by atoms with van der Waals surface area (Å²) in [7, 11) is 0. The average molecular weight is 241 g/mol. The van der Waals surface area contributed by atoms with Crippen molar-refractivity contribution in [2.24, 2.45) is 10.9 Å². The predicted octanol–water partition coefficient (Wildman–Crippen LogP) is 0.970.